The number of rotatable bonds is 7. The zero-order valence-corrected chi connectivity index (χ0v) is 13.7. The lowest BCUT2D eigenvalue weighted by atomic mass is 10.1. The smallest absolute Gasteiger partial charge is 0.251 e. The largest absolute Gasteiger partial charge is 0.350 e. The van der Waals surface area contributed by atoms with Crippen LogP contribution in [0.4, 0.5) is 0 Å². The highest BCUT2D eigenvalue weighted by Gasteiger charge is 2.12. The van der Waals surface area contributed by atoms with Gasteiger partial charge >= 0.3 is 0 Å². The second-order valence-corrected chi connectivity index (χ2v) is 5.99. The second-order valence-electron chi connectivity index (χ2n) is 5.14. The summed E-state index contributed by atoms with van der Waals surface area (Å²) in [6.45, 7) is 6.25. The summed E-state index contributed by atoms with van der Waals surface area (Å²) in [6.07, 6.45) is 6.03. The Morgan fingerprint density at radius 3 is 2.74 bits per heavy atom. The van der Waals surface area contributed by atoms with Gasteiger partial charge in [0.2, 0.25) is 0 Å². The number of carbonyl (C=O) groups is 1. The van der Waals surface area contributed by atoms with Crippen molar-refractivity contribution in [2.75, 3.05) is 0 Å². The Bertz CT molecular complexity index is 417. The lowest BCUT2D eigenvalue weighted by Gasteiger charge is -2.15. The molecule has 0 fully saturated rings. The third-order valence-electron chi connectivity index (χ3n) is 3.38. The summed E-state index contributed by atoms with van der Waals surface area (Å²) in [5.41, 5.74) is 1.76. The van der Waals surface area contributed by atoms with E-state index in [-0.39, 0.29) is 11.9 Å². The first-order chi connectivity index (χ1) is 9.06. The maximum atomic E-state index is 12.2. The van der Waals surface area contributed by atoms with E-state index in [1.165, 1.54) is 25.7 Å². The molecule has 0 radical (unpaired) electrons. The molecule has 0 aliphatic carbocycles. The molecule has 106 valence electrons. The van der Waals surface area contributed by atoms with Crippen molar-refractivity contribution in [3.8, 4) is 0 Å². The molecule has 1 aromatic carbocycles. The summed E-state index contributed by atoms with van der Waals surface area (Å²) in [5.74, 6) is 0.0294. The minimum atomic E-state index is 0.0294. The van der Waals surface area contributed by atoms with Gasteiger partial charge in [0, 0.05) is 16.1 Å². The van der Waals surface area contributed by atoms with Gasteiger partial charge in [0.15, 0.2) is 0 Å². The zero-order chi connectivity index (χ0) is 14.3. The summed E-state index contributed by atoms with van der Waals surface area (Å²) in [5, 5.41) is 3.08. The van der Waals surface area contributed by atoms with Crippen molar-refractivity contribution < 1.29 is 4.79 Å². The number of amides is 1. The first kappa shape index (κ1) is 16.2. The van der Waals surface area contributed by atoms with Gasteiger partial charge in [-0.3, -0.25) is 4.79 Å². The van der Waals surface area contributed by atoms with E-state index in [1.54, 1.807) is 0 Å². The summed E-state index contributed by atoms with van der Waals surface area (Å²) >= 11 is 3.46. The minimum Gasteiger partial charge on any atom is -0.350 e. The summed E-state index contributed by atoms with van der Waals surface area (Å²) in [6, 6.07) is 5.97. The standard InChI is InChI=1S/C16H24BrNO/c1-4-5-6-7-9-12(2)18-16(19)14-10-8-11-15(17)13(14)3/h8,10-12H,4-7,9H2,1-3H3,(H,18,19). The third-order valence-corrected chi connectivity index (χ3v) is 4.24. The van der Waals surface area contributed by atoms with E-state index in [2.05, 4.69) is 35.1 Å². The van der Waals surface area contributed by atoms with E-state index >= 15 is 0 Å². The average molecular weight is 326 g/mol. The predicted molar refractivity (Wildman–Crippen MR) is 84.6 cm³/mol. The Morgan fingerprint density at radius 1 is 1.32 bits per heavy atom. The molecule has 19 heavy (non-hydrogen) atoms. The first-order valence-electron chi connectivity index (χ1n) is 7.12. The summed E-state index contributed by atoms with van der Waals surface area (Å²) < 4.78 is 0.982. The number of benzene rings is 1. The van der Waals surface area contributed by atoms with E-state index < -0.39 is 0 Å². The maximum absolute atomic E-state index is 12.2. The molecule has 3 heteroatoms. The van der Waals surface area contributed by atoms with Crippen LogP contribution in [0.3, 0.4) is 0 Å². The van der Waals surface area contributed by atoms with Gasteiger partial charge in [-0.25, -0.2) is 0 Å². The molecule has 2 nitrogen and oxygen atoms in total. The van der Waals surface area contributed by atoms with Crippen LogP contribution in [0.1, 0.15) is 61.9 Å². The Balaban J connectivity index is 2.48. The van der Waals surface area contributed by atoms with Gasteiger partial charge in [-0.15, -0.1) is 0 Å². The molecule has 1 atom stereocenters. The van der Waals surface area contributed by atoms with Gasteiger partial charge in [-0.1, -0.05) is 54.6 Å². The molecule has 1 unspecified atom stereocenters. The molecular weight excluding hydrogens is 302 g/mol. The second kappa shape index (κ2) is 8.36. The Labute approximate surface area is 125 Å². The van der Waals surface area contributed by atoms with Crippen LogP contribution in [-0.4, -0.2) is 11.9 Å². The van der Waals surface area contributed by atoms with E-state index in [4.69, 9.17) is 0 Å². The van der Waals surface area contributed by atoms with Crippen molar-refractivity contribution in [3.63, 3.8) is 0 Å². The van der Waals surface area contributed by atoms with Crippen molar-refractivity contribution in [3.05, 3.63) is 33.8 Å². The van der Waals surface area contributed by atoms with Gasteiger partial charge in [0.05, 0.1) is 0 Å². The Morgan fingerprint density at radius 2 is 2.05 bits per heavy atom. The van der Waals surface area contributed by atoms with Crippen LogP contribution in [0.15, 0.2) is 22.7 Å². The molecular formula is C16H24BrNO. The van der Waals surface area contributed by atoms with Gasteiger partial charge in [-0.05, 0) is 38.0 Å². The topological polar surface area (TPSA) is 29.1 Å². The lowest BCUT2D eigenvalue weighted by molar-refractivity contribution is 0.0937. The van der Waals surface area contributed by atoms with Crippen molar-refractivity contribution in [1.29, 1.82) is 0 Å². The normalized spacial score (nSPS) is 12.2. The molecule has 0 aromatic heterocycles. The van der Waals surface area contributed by atoms with E-state index in [0.29, 0.717) is 0 Å². The van der Waals surface area contributed by atoms with E-state index in [9.17, 15) is 4.79 Å². The molecule has 0 heterocycles. The molecule has 1 amide bonds. The molecule has 1 aromatic rings. The van der Waals surface area contributed by atoms with Gasteiger partial charge in [0.25, 0.3) is 5.91 Å². The third kappa shape index (κ3) is 5.35. The van der Waals surface area contributed by atoms with Gasteiger partial charge < -0.3 is 5.32 Å². The van der Waals surface area contributed by atoms with Crippen molar-refractivity contribution in [2.45, 2.75) is 58.9 Å². The highest BCUT2D eigenvalue weighted by Crippen LogP contribution is 2.19. The van der Waals surface area contributed by atoms with Crippen LogP contribution in [0.5, 0.6) is 0 Å². The predicted octanol–water partition coefficient (Wildman–Crippen LogP) is 4.85. The monoisotopic (exact) mass is 325 g/mol. The van der Waals surface area contributed by atoms with Crippen LogP contribution in [0.25, 0.3) is 0 Å². The SMILES string of the molecule is CCCCCCC(C)NC(=O)c1cccc(Br)c1C. The van der Waals surface area contributed by atoms with Crippen LogP contribution in [0.2, 0.25) is 0 Å². The number of hydrogen-bond donors (Lipinski definition) is 1. The Hall–Kier alpha value is -0.830. The highest BCUT2D eigenvalue weighted by atomic mass is 79.9. The minimum absolute atomic E-state index is 0.0294. The van der Waals surface area contributed by atoms with Crippen LogP contribution in [0, 0.1) is 6.92 Å². The van der Waals surface area contributed by atoms with Crippen molar-refractivity contribution in [1.82, 2.24) is 5.32 Å². The molecule has 0 spiro atoms. The molecule has 1 rings (SSSR count). The Kier molecular flexibility index (Phi) is 7.14. The molecule has 0 bridgehead atoms. The zero-order valence-electron chi connectivity index (χ0n) is 12.1. The maximum Gasteiger partial charge on any atom is 0.251 e. The molecule has 0 aliphatic rings. The van der Waals surface area contributed by atoms with E-state index in [0.717, 1.165) is 22.0 Å². The fourth-order valence-corrected chi connectivity index (χ4v) is 2.47. The summed E-state index contributed by atoms with van der Waals surface area (Å²) in [4.78, 5) is 12.2. The quantitative estimate of drug-likeness (QED) is 0.713. The first-order valence-corrected chi connectivity index (χ1v) is 7.91. The number of hydrogen-bond acceptors (Lipinski definition) is 1. The number of unbranched alkanes of at least 4 members (excludes halogenated alkanes) is 3. The van der Waals surface area contributed by atoms with Crippen LogP contribution >= 0.6 is 15.9 Å². The summed E-state index contributed by atoms with van der Waals surface area (Å²) in [7, 11) is 0. The average Bonchev–Trinajstić information content (AvgIpc) is 2.38. The van der Waals surface area contributed by atoms with Crippen LogP contribution in [-0.2, 0) is 0 Å². The molecule has 0 saturated carbocycles. The fourth-order valence-electron chi connectivity index (χ4n) is 2.10. The van der Waals surface area contributed by atoms with Gasteiger partial charge in [-0.2, -0.15) is 0 Å². The van der Waals surface area contributed by atoms with Gasteiger partial charge in [0.1, 0.15) is 0 Å². The lowest BCUT2D eigenvalue weighted by Crippen LogP contribution is -2.32. The van der Waals surface area contributed by atoms with E-state index in [1.807, 2.05) is 25.1 Å². The highest BCUT2D eigenvalue weighted by molar-refractivity contribution is 9.10. The van der Waals surface area contributed by atoms with Crippen LogP contribution < -0.4 is 5.32 Å². The number of nitrogens with one attached hydrogen (secondary N) is 1. The number of halogens is 1. The van der Waals surface area contributed by atoms with Crippen molar-refractivity contribution in [2.24, 2.45) is 0 Å². The fraction of sp³-hybridized carbons (Fsp3) is 0.562. The molecule has 0 aliphatic heterocycles. The number of carbonyl (C=O) groups excluding carboxylic acids is 1. The van der Waals surface area contributed by atoms with Crippen molar-refractivity contribution >= 4 is 21.8 Å². The molecule has 1 N–H and O–H groups in total. The molecule has 0 saturated heterocycles.